The molecule has 0 aliphatic carbocycles. The number of rotatable bonds is 3. The number of nitrogens with two attached hydrogens (primary N) is 1. The minimum Gasteiger partial charge on any atom is -0.352 e. The van der Waals surface area contributed by atoms with E-state index >= 15 is 0 Å². The fourth-order valence-corrected chi connectivity index (χ4v) is 3.32. The third kappa shape index (κ3) is 2.02. The molecule has 1 aliphatic heterocycles. The summed E-state index contributed by atoms with van der Waals surface area (Å²) in [6.45, 7) is 1.45. The summed E-state index contributed by atoms with van der Waals surface area (Å²) in [5, 5.41) is 11.7. The number of anilines is 1. The van der Waals surface area contributed by atoms with Crippen LogP contribution in [0, 0.1) is 10.1 Å². The lowest BCUT2D eigenvalue weighted by molar-refractivity contribution is -0.380. The average Bonchev–Trinajstić information content (AvgIpc) is 3.04. The van der Waals surface area contributed by atoms with Gasteiger partial charge in [0.25, 0.3) is 0 Å². The van der Waals surface area contributed by atoms with Gasteiger partial charge in [-0.2, -0.15) is 0 Å². The molecule has 2 aromatic heterocycles. The Morgan fingerprint density at radius 2 is 2.42 bits per heavy atom. The standard InChI is InChI=1S/C11H13N5O2S/c12-5-7-2-1-3-15(7)10-8-4-9(16(17)18)19-11(8)14-6-13-10/h4,6-7H,1-3,5,12H2. The van der Waals surface area contributed by atoms with Crippen molar-refractivity contribution in [3.05, 3.63) is 22.5 Å². The monoisotopic (exact) mass is 279 g/mol. The predicted molar refractivity (Wildman–Crippen MR) is 73.5 cm³/mol. The largest absolute Gasteiger partial charge is 0.352 e. The lowest BCUT2D eigenvalue weighted by Crippen LogP contribution is -2.36. The van der Waals surface area contributed by atoms with Gasteiger partial charge in [-0.15, -0.1) is 0 Å². The highest BCUT2D eigenvalue weighted by atomic mass is 32.1. The van der Waals surface area contributed by atoms with Crippen LogP contribution in [0.1, 0.15) is 12.8 Å². The number of nitro groups is 1. The summed E-state index contributed by atoms with van der Waals surface area (Å²) in [4.78, 5) is 21.7. The van der Waals surface area contributed by atoms with Crippen molar-refractivity contribution in [2.24, 2.45) is 5.73 Å². The summed E-state index contributed by atoms with van der Waals surface area (Å²) >= 11 is 1.08. The van der Waals surface area contributed by atoms with E-state index in [1.165, 1.54) is 6.33 Å². The van der Waals surface area contributed by atoms with Crippen molar-refractivity contribution in [2.45, 2.75) is 18.9 Å². The summed E-state index contributed by atoms with van der Waals surface area (Å²) in [7, 11) is 0. The predicted octanol–water partition coefficient (Wildman–Crippen LogP) is 1.53. The molecule has 100 valence electrons. The molecule has 1 atom stereocenters. The van der Waals surface area contributed by atoms with Crippen LogP contribution in [-0.2, 0) is 0 Å². The molecule has 7 nitrogen and oxygen atoms in total. The zero-order valence-corrected chi connectivity index (χ0v) is 11.0. The molecule has 0 amide bonds. The summed E-state index contributed by atoms with van der Waals surface area (Å²) < 4.78 is 0. The second-order valence-electron chi connectivity index (χ2n) is 4.48. The van der Waals surface area contributed by atoms with E-state index in [0.29, 0.717) is 11.4 Å². The Labute approximate surface area is 113 Å². The second kappa shape index (κ2) is 4.71. The van der Waals surface area contributed by atoms with E-state index in [-0.39, 0.29) is 16.0 Å². The number of nitrogens with zero attached hydrogens (tertiary/aromatic N) is 4. The fraction of sp³-hybridized carbons (Fsp3) is 0.455. The molecule has 1 fully saturated rings. The first-order chi connectivity index (χ1) is 9.20. The smallest absolute Gasteiger partial charge is 0.326 e. The maximum absolute atomic E-state index is 10.9. The number of aromatic nitrogens is 2. The molecular formula is C11H13N5O2S. The zero-order chi connectivity index (χ0) is 13.4. The average molecular weight is 279 g/mol. The Hall–Kier alpha value is -1.80. The van der Waals surface area contributed by atoms with Gasteiger partial charge in [0.2, 0.25) is 0 Å². The van der Waals surface area contributed by atoms with Crippen LogP contribution in [0.15, 0.2) is 12.4 Å². The molecule has 0 bridgehead atoms. The van der Waals surface area contributed by atoms with Crippen LogP contribution in [0.5, 0.6) is 0 Å². The lowest BCUT2D eigenvalue weighted by atomic mass is 10.2. The van der Waals surface area contributed by atoms with Crippen molar-refractivity contribution in [2.75, 3.05) is 18.0 Å². The second-order valence-corrected chi connectivity index (χ2v) is 5.49. The SMILES string of the molecule is NCC1CCCN1c1ncnc2sc([N+](=O)[O-])cc12. The maximum Gasteiger partial charge on any atom is 0.326 e. The molecule has 8 heteroatoms. The minimum absolute atomic E-state index is 0.0974. The molecule has 0 spiro atoms. The van der Waals surface area contributed by atoms with Crippen molar-refractivity contribution < 1.29 is 4.92 Å². The molecule has 0 radical (unpaired) electrons. The molecule has 2 N–H and O–H groups in total. The van der Waals surface area contributed by atoms with Gasteiger partial charge in [0.05, 0.1) is 10.3 Å². The summed E-state index contributed by atoms with van der Waals surface area (Å²) in [5.41, 5.74) is 5.77. The zero-order valence-electron chi connectivity index (χ0n) is 10.2. The Balaban J connectivity index is 2.10. The number of hydrogen-bond acceptors (Lipinski definition) is 7. The van der Waals surface area contributed by atoms with Crippen LogP contribution in [0.25, 0.3) is 10.2 Å². The third-order valence-corrected chi connectivity index (χ3v) is 4.39. The minimum atomic E-state index is -0.388. The topological polar surface area (TPSA) is 98.2 Å². The van der Waals surface area contributed by atoms with Crippen LogP contribution in [0.4, 0.5) is 10.8 Å². The van der Waals surface area contributed by atoms with E-state index in [9.17, 15) is 10.1 Å². The van der Waals surface area contributed by atoms with Crippen LogP contribution in [-0.4, -0.2) is 34.0 Å². The van der Waals surface area contributed by atoms with Gasteiger partial charge in [0.1, 0.15) is 17.0 Å². The van der Waals surface area contributed by atoms with Crippen LogP contribution in [0.2, 0.25) is 0 Å². The highest BCUT2D eigenvalue weighted by Crippen LogP contribution is 2.36. The fourth-order valence-electron chi connectivity index (χ4n) is 2.51. The quantitative estimate of drug-likeness (QED) is 0.675. The van der Waals surface area contributed by atoms with E-state index in [0.717, 1.165) is 41.9 Å². The van der Waals surface area contributed by atoms with Crippen molar-refractivity contribution in [3.63, 3.8) is 0 Å². The highest BCUT2D eigenvalue weighted by Gasteiger charge is 2.27. The van der Waals surface area contributed by atoms with Gasteiger partial charge in [0.15, 0.2) is 0 Å². The molecular weight excluding hydrogens is 266 g/mol. The molecule has 2 aromatic rings. The maximum atomic E-state index is 10.9. The molecule has 1 unspecified atom stereocenters. The molecule has 3 heterocycles. The van der Waals surface area contributed by atoms with Gasteiger partial charge in [-0.05, 0) is 24.2 Å². The van der Waals surface area contributed by atoms with Crippen molar-refractivity contribution in [3.8, 4) is 0 Å². The first-order valence-corrected chi connectivity index (χ1v) is 6.88. The molecule has 0 saturated carbocycles. The van der Waals surface area contributed by atoms with Gasteiger partial charge in [-0.1, -0.05) is 0 Å². The Morgan fingerprint density at radius 3 is 3.16 bits per heavy atom. The van der Waals surface area contributed by atoms with E-state index in [1.54, 1.807) is 6.07 Å². The normalized spacial score (nSPS) is 19.2. The van der Waals surface area contributed by atoms with Gasteiger partial charge in [-0.3, -0.25) is 10.1 Å². The van der Waals surface area contributed by atoms with Crippen LogP contribution >= 0.6 is 11.3 Å². The van der Waals surface area contributed by atoms with E-state index in [4.69, 9.17) is 5.73 Å². The molecule has 3 rings (SSSR count). The molecule has 1 saturated heterocycles. The van der Waals surface area contributed by atoms with Crippen molar-refractivity contribution >= 4 is 32.4 Å². The van der Waals surface area contributed by atoms with E-state index in [2.05, 4.69) is 14.9 Å². The Kier molecular flexibility index (Phi) is 3.03. The lowest BCUT2D eigenvalue weighted by Gasteiger charge is -2.24. The van der Waals surface area contributed by atoms with E-state index in [1.807, 2.05) is 0 Å². The number of fused-ring (bicyclic) bond motifs is 1. The van der Waals surface area contributed by atoms with Crippen molar-refractivity contribution in [1.82, 2.24) is 9.97 Å². The van der Waals surface area contributed by atoms with Gasteiger partial charge < -0.3 is 10.6 Å². The number of hydrogen-bond donors (Lipinski definition) is 1. The third-order valence-electron chi connectivity index (χ3n) is 3.40. The van der Waals surface area contributed by atoms with Crippen molar-refractivity contribution in [1.29, 1.82) is 0 Å². The summed E-state index contributed by atoms with van der Waals surface area (Å²) in [5.74, 6) is 0.766. The molecule has 0 aromatic carbocycles. The Morgan fingerprint density at radius 1 is 1.58 bits per heavy atom. The van der Waals surface area contributed by atoms with E-state index < -0.39 is 0 Å². The van der Waals surface area contributed by atoms with Gasteiger partial charge in [0, 0.05) is 25.2 Å². The van der Waals surface area contributed by atoms with Gasteiger partial charge >= 0.3 is 5.00 Å². The Bertz CT molecular complexity index is 629. The molecule has 1 aliphatic rings. The van der Waals surface area contributed by atoms with Crippen LogP contribution < -0.4 is 10.6 Å². The van der Waals surface area contributed by atoms with Crippen LogP contribution in [0.3, 0.4) is 0 Å². The summed E-state index contributed by atoms with van der Waals surface area (Å²) in [6, 6.07) is 1.82. The number of thiophene rings is 1. The van der Waals surface area contributed by atoms with Gasteiger partial charge in [-0.25, -0.2) is 9.97 Å². The highest BCUT2D eigenvalue weighted by molar-refractivity contribution is 7.21. The molecule has 19 heavy (non-hydrogen) atoms. The summed E-state index contributed by atoms with van der Waals surface area (Å²) in [6.07, 6.45) is 3.57. The first-order valence-electron chi connectivity index (χ1n) is 6.06. The first kappa shape index (κ1) is 12.2.